The molecule has 0 bridgehead atoms. The maximum absolute atomic E-state index is 12.1. The van der Waals surface area contributed by atoms with Crippen LogP contribution in [0.1, 0.15) is 43.9 Å². The molecule has 27 heavy (non-hydrogen) atoms. The van der Waals surface area contributed by atoms with Crippen LogP contribution in [0.3, 0.4) is 0 Å². The molecule has 0 spiro atoms. The molecule has 1 fully saturated rings. The summed E-state index contributed by atoms with van der Waals surface area (Å²) >= 11 is 0. The molecule has 2 heterocycles. The molecule has 0 amide bonds. The SMILES string of the molecule is CCS(=O)C1CCCC(NC(=NC)NCc2cn3ccc(C)cc3n2)C1.I. The van der Waals surface area contributed by atoms with Crippen LogP contribution in [0.25, 0.3) is 5.65 Å². The third-order valence-electron chi connectivity index (χ3n) is 4.95. The molecular formula is C19H30IN5OS. The van der Waals surface area contributed by atoms with Gasteiger partial charge in [0.1, 0.15) is 5.65 Å². The molecule has 2 N–H and O–H groups in total. The molecule has 150 valence electrons. The van der Waals surface area contributed by atoms with Crippen LogP contribution in [0.2, 0.25) is 0 Å². The lowest BCUT2D eigenvalue weighted by atomic mass is 9.95. The predicted molar refractivity (Wildman–Crippen MR) is 123 cm³/mol. The molecule has 3 atom stereocenters. The number of nitrogens with zero attached hydrogens (tertiary/aromatic N) is 3. The van der Waals surface area contributed by atoms with Crippen molar-refractivity contribution >= 4 is 46.4 Å². The zero-order chi connectivity index (χ0) is 18.5. The minimum atomic E-state index is -0.708. The van der Waals surface area contributed by atoms with Crippen molar-refractivity contribution in [2.24, 2.45) is 4.99 Å². The van der Waals surface area contributed by atoms with E-state index in [1.54, 1.807) is 7.05 Å². The number of aromatic nitrogens is 2. The van der Waals surface area contributed by atoms with Gasteiger partial charge < -0.3 is 15.0 Å². The van der Waals surface area contributed by atoms with Gasteiger partial charge in [0.25, 0.3) is 0 Å². The molecule has 0 aromatic carbocycles. The van der Waals surface area contributed by atoms with Crippen molar-refractivity contribution in [2.45, 2.75) is 57.4 Å². The summed E-state index contributed by atoms with van der Waals surface area (Å²) in [5.74, 6) is 1.53. The van der Waals surface area contributed by atoms with Crippen LogP contribution in [0, 0.1) is 6.92 Å². The smallest absolute Gasteiger partial charge is 0.191 e. The van der Waals surface area contributed by atoms with Gasteiger partial charge in [-0.15, -0.1) is 24.0 Å². The fourth-order valence-corrected chi connectivity index (χ4v) is 4.88. The number of imidazole rings is 1. The van der Waals surface area contributed by atoms with Crippen molar-refractivity contribution in [2.75, 3.05) is 12.8 Å². The van der Waals surface area contributed by atoms with Gasteiger partial charge >= 0.3 is 0 Å². The quantitative estimate of drug-likeness (QED) is 0.374. The highest BCUT2D eigenvalue weighted by atomic mass is 127. The van der Waals surface area contributed by atoms with Crippen LogP contribution in [0.5, 0.6) is 0 Å². The lowest BCUT2D eigenvalue weighted by Gasteiger charge is -2.30. The van der Waals surface area contributed by atoms with Crippen LogP contribution in [0.15, 0.2) is 29.5 Å². The van der Waals surface area contributed by atoms with E-state index in [4.69, 9.17) is 0 Å². The van der Waals surface area contributed by atoms with Crippen molar-refractivity contribution in [1.29, 1.82) is 0 Å². The molecule has 2 aromatic heterocycles. The Labute approximate surface area is 181 Å². The molecule has 8 heteroatoms. The van der Waals surface area contributed by atoms with E-state index in [0.717, 1.165) is 48.7 Å². The van der Waals surface area contributed by atoms with E-state index in [9.17, 15) is 4.21 Å². The van der Waals surface area contributed by atoms with Crippen LogP contribution in [-0.2, 0) is 17.3 Å². The van der Waals surface area contributed by atoms with Crippen molar-refractivity contribution in [3.63, 3.8) is 0 Å². The number of hydrogen-bond acceptors (Lipinski definition) is 3. The van der Waals surface area contributed by atoms with E-state index in [1.165, 1.54) is 5.56 Å². The largest absolute Gasteiger partial charge is 0.354 e. The zero-order valence-electron chi connectivity index (χ0n) is 16.3. The van der Waals surface area contributed by atoms with Crippen molar-refractivity contribution in [1.82, 2.24) is 20.0 Å². The second kappa shape index (κ2) is 10.4. The highest BCUT2D eigenvalue weighted by molar-refractivity contribution is 14.0. The molecular weight excluding hydrogens is 473 g/mol. The summed E-state index contributed by atoms with van der Waals surface area (Å²) in [6, 6.07) is 4.48. The topological polar surface area (TPSA) is 70.8 Å². The average molecular weight is 503 g/mol. The number of rotatable bonds is 5. The Hall–Kier alpha value is -1.16. The molecule has 2 aromatic rings. The third-order valence-corrected chi connectivity index (χ3v) is 6.69. The maximum Gasteiger partial charge on any atom is 0.191 e. The van der Waals surface area contributed by atoms with E-state index in [2.05, 4.69) is 39.7 Å². The van der Waals surface area contributed by atoms with E-state index in [-0.39, 0.29) is 24.0 Å². The maximum atomic E-state index is 12.1. The number of aliphatic imine (C=N–C) groups is 1. The highest BCUT2D eigenvalue weighted by Crippen LogP contribution is 2.23. The molecule has 1 saturated carbocycles. The van der Waals surface area contributed by atoms with Gasteiger partial charge in [-0.3, -0.25) is 9.20 Å². The minimum absolute atomic E-state index is 0. The van der Waals surface area contributed by atoms with Crippen LogP contribution in [0.4, 0.5) is 0 Å². The fourth-order valence-electron chi connectivity index (χ4n) is 3.53. The van der Waals surface area contributed by atoms with Gasteiger partial charge in [0.05, 0.1) is 12.2 Å². The Bertz CT molecular complexity index is 806. The molecule has 0 saturated heterocycles. The van der Waals surface area contributed by atoms with E-state index in [1.807, 2.05) is 23.7 Å². The first-order chi connectivity index (χ1) is 12.6. The number of hydrogen-bond donors (Lipinski definition) is 2. The molecule has 3 unspecified atom stereocenters. The second-order valence-electron chi connectivity index (χ2n) is 6.93. The molecule has 0 radical (unpaired) electrons. The van der Waals surface area contributed by atoms with Gasteiger partial charge in [0, 0.05) is 47.3 Å². The first-order valence-corrected chi connectivity index (χ1v) is 10.8. The second-order valence-corrected chi connectivity index (χ2v) is 8.93. The molecule has 1 aliphatic rings. The Balaban J connectivity index is 0.00000261. The van der Waals surface area contributed by atoms with Crippen LogP contribution >= 0.6 is 24.0 Å². The van der Waals surface area contributed by atoms with Crippen LogP contribution < -0.4 is 10.6 Å². The number of guanidine groups is 1. The highest BCUT2D eigenvalue weighted by Gasteiger charge is 2.26. The normalized spacial score (nSPS) is 21.5. The standard InChI is InChI=1S/C19H29N5OS.HI/c1-4-26(25)17-7-5-6-15(11-17)23-19(20-3)21-12-16-13-24-9-8-14(2)10-18(24)22-16;/h8-10,13,15,17H,4-7,11-12H2,1-3H3,(H2,20,21,23);1H. The summed E-state index contributed by atoms with van der Waals surface area (Å²) in [5.41, 5.74) is 3.14. The predicted octanol–water partition coefficient (Wildman–Crippen LogP) is 3.01. The number of halogens is 1. The molecule has 1 aliphatic carbocycles. The summed E-state index contributed by atoms with van der Waals surface area (Å²) < 4.78 is 14.1. The Kier molecular flexibility index (Phi) is 8.53. The van der Waals surface area contributed by atoms with E-state index < -0.39 is 10.8 Å². The lowest BCUT2D eigenvalue weighted by Crippen LogP contribution is -2.46. The van der Waals surface area contributed by atoms with Gasteiger partial charge in [0.15, 0.2) is 5.96 Å². The number of pyridine rings is 1. The zero-order valence-corrected chi connectivity index (χ0v) is 19.4. The fraction of sp³-hybridized carbons (Fsp3) is 0.579. The summed E-state index contributed by atoms with van der Waals surface area (Å²) in [6.07, 6.45) is 8.32. The van der Waals surface area contributed by atoms with Crippen molar-refractivity contribution in [3.8, 4) is 0 Å². The van der Waals surface area contributed by atoms with Crippen LogP contribution in [-0.4, -0.2) is 43.6 Å². The third kappa shape index (κ3) is 5.91. The molecule has 0 aliphatic heterocycles. The van der Waals surface area contributed by atoms with Gasteiger partial charge in [-0.05, 0) is 43.9 Å². The van der Waals surface area contributed by atoms with Gasteiger partial charge in [-0.1, -0.05) is 13.3 Å². The monoisotopic (exact) mass is 503 g/mol. The van der Waals surface area contributed by atoms with E-state index in [0.29, 0.717) is 17.8 Å². The minimum Gasteiger partial charge on any atom is -0.354 e. The summed E-state index contributed by atoms with van der Waals surface area (Å²) in [7, 11) is 1.08. The Morgan fingerprint density at radius 1 is 1.44 bits per heavy atom. The molecule has 3 rings (SSSR count). The Morgan fingerprint density at radius 2 is 2.26 bits per heavy atom. The van der Waals surface area contributed by atoms with Gasteiger partial charge in [-0.25, -0.2) is 4.98 Å². The van der Waals surface area contributed by atoms with Gasteiger partial charge in [-0.2, -0.15) is 0 Å². The Morgan fingerprint density at radius 3 is 3.00 bits per heavy atom. The van der Waals surface area contributed by atoms with E-state index >= 15 is 0 Å². The van der Waals surface area contributed by atoms with Crippen molar-refractivity contribution < 1.29 is 4.21 Å². The summed E-state index contributed by atoms with van der Waals surface area (Å²) in [5, 5.41) is 7.16. The first-order valence-electron chi connectivity index (χ1n) is 9.37. The number of aryl methyl sites for hydroxylation is 1. The average Bonchev–Trinajstić information content (AvgIpc) is 3.06. The first kappa shape index (κ1) is 22.1. The summed E-state index contributed by atoms with van der Waals surface area (Å²) in [6.45, 7) is 4.70. The van der Waals surface area contributed by atoms with Gasteiger partial charge in [0.2, 0.25) is 0 Å². The summed E-state index contributed by atoms with van der Waals surface area (Å²) in [4.78, 5) is 8.99. The molecule has 6 nitrogen and oxygen atoms in total. The lowest BCUT2D eigenvalue weighted by molar-refractivity contribution is 0.413. The van der Waals surface area contributed by atoms with Crippen molar-refractivity contribution in [3.05, 3.63) is 35.8 Å². The number of fused-ring (bicyclic) bond motifs is 1. The number of nitrogens with one attached hydrogen (secondary N) is 2.